The largest absolute Gasteiger partial charge is 0.543 e. The van der Waals surface area contributed by atoms with Crippen molar-refractivity contribution in [2.75, 3.05) is 6.61 Å². The molecule has 2 heterocycles. The summed E-state index contributed by atoms with van der Waals surface area (Å²) < 4.78 is 21.0. The summed E-state index contributed by atoms with van der Waals surface area (Å²) in [6, 6.07) is -0.772. The highest BCUT2D eigenvalue weighted by atomic mass is 31.2. The zero-order valence-corrected chi connectivity index (χ0v) is 11.5. The zero-order chi connectivity index (χ0) is 15.8. The molecule has 0 aromatic rings. The van der Waals surface area contributed by atoms with Crippen molar-refractivity contribution in [1.82, 2.24) is 0 Å². The number of aliphatic hydroxyl groups excluding tert-OH is 2. The Morgan fingerprint density at radius 2 is 2.14 bits per heavy atom. The quantitative estimate of drug-likeness (QED) is 0.276. The topological polar surface area (TPSA) is 175 Å². The van der Waals surface area contributed by atoms with E-state index in [4.69, 9.17) is 20.3 Å². The minimum atomic E-state index is -4.74. The van der Waals surface area contributed by atoms with Gasteiger partial charge in [-0.05, 0) is 0 Å². The van der Waals surface area contributed by atoms with E-state index in [2.05, 4.69) is 9.52 Å². The van der Waals surface area contributed by atoms with E-state index in [1.165, 1.54) is 6.21 Å². The Bertz CT molecular complexity index is 543. The Balaban J connectivity index is 2.07. The standard InChI is InChI=1S/C9H14N3O8P/c10-5-1-2-12(9(15)11-5)8-7(14)6(13)4(20-8)3-19-21(16,17)18/h2,4,6-8,13-14H,1,3H2,(H3-,10,11,15,16,17,18)/p+1/t4-,6-,7-,8-/m1/s1. The van der Waals surface area contributed by atoms with E-state index in [0.29, 0.717) is 0 Å². The lowest BCUT2D eigenvalue weighted by atomic mass is 10.1. The Kier molecular flexibility index (Phi) is 4.54. The fourth-order valence-electron chi connectivity index (χ4n) is 1.98. The first-order valence-electron chi connectivity index (χ1n) is 5.89. The number of urea groups is 1. The summed E-state index contributed by atoms with van der Waals surface area (Å²) in [5, 5.41) is 19.6. The molecular weight excluding hydrogens is 309 g/mol. The van der Waals surface area contributed by atoms with Gasteiger partial charge in [-0.1, -0.05) is 0 Å². The van der Waals surface area contributed by atoms with Crippen molar-refractivity contribution in [3.63, 3.8) is 0 Å². The lowest BCUT2D eigenvalue weighted by molar-refractivity contribution is -0.533. The van der Waals surface area contributed by atoms with Crippen LogP contribution in [0.25, 0.3) is 0 Å². The summed E-state index contributed by atoms with van der Waals surface area (Å²) in [7, 11) is -4.74. The van der Waals surface area contributed by atoms with Gasteiger partial charge in [0.2, 0.25) is 12.1 Å². The van der Waals surface area contributed by atoms with Crippen molar-refractivity contribution in [2.45, 2.75) is 31.0 Å². The third kappa shape index (κ3) is 3.71. The summed E-state index contributed by atoms with van der Waals surface area (Å²) in [5.74, 6) is 0.102. The molecule has 0 radical (unpaired) electrons. The van der Waals surface area contributed by atoms with Gasteiger partial charge in [0.05, 0.1) is 19.2 Å². The highest BCUT2D eigenvalue weighted by Crippen LogP contribution is 2.37. The predicted octanol–water partition coefficient (Wildman–Crippen LogP) is -2.49. The van der Waals surface area contributed by atoms with E-state index >= 15 is 0 Å². The van der Waals surface area contributed by atoms with Crippen LogP contribution in [-0.2, 0) is 13.8 Å². The van der Waals surface area contributed by atoms with Crippen LogP contribution < -0.4 is 5.73 Å². The van der Waals surface area contributed by atoms with Crippen molar-refractivity contribution < 1.29 is 43.2 Å². The Hall–Kier alpha value is -1.20. The molecule has 0 unspecified atom stereocenters. The minimum absolute atomic E-state index is 0.102. The normalized spacial score (nSPS) is 33.8. The lowest BCUT2D eigenvalue weighted by Gasteiger charge is -2.15. The molecule has 0 aliphatic carbocycles. The Labute approximate surface area is 118 Å². The van der Waals surface area contributed by atoms with Crippen LogP contribution in [0.15, 0.2) is 4.99 Å². The number of amides is 2. The van der Waals surface area contributed by atoms with Gasteiger partial charge in [-0.15, -0.1) is 0 Å². The SMILES string of the molecule is NC1=NC(=O)[N+]([C@@H]2O[C@H](COP(=O)(O)O)[C@@H](O)[C@H]2O)=CC1. The number of carbonyl (C=O) groups is 1. The molecular formula is C9H15N3O8P+. The van der Waals surface area contributed by atoms with Gasteiger partial charge < -0.3 is 30.5 Å². The maximum atomic E-state index is 11.7. The van der Waals surface area contributed by atoms with Crippen LogP contribution in [0, 0.1) is 0 Å². The van der Waals surface area contributed by atoms with Gasteiger partial charge in [0.1, 0.15) is 18.3 Å². The van der Waals surface area contributed by atoms with E-state index < -0.39 is 45.0 Å². The summed E-state index contributed by atoms with van der Waals surface area (Å²) in [5.41, 5.74) is 5.38. The number of aliphatic hydroxyl groups is 2. The predicted molar refractivity (Wildman–Crippen MR) is 66.6 cm³/mol. The summed E-state index contributed by atoms with van der Waals surface area (Å²) in [4.78, 5) is 32.4. The average molecular weight is 324 g/mol. The number of carbonyl (C=O) groups excluding carboxylic acids is 1. The first-order chi connectivity index (χ1) is 9.69. The molecule has 11 nitrogen and oxygen atoms in total. The Morgan fingerprint density at radius 3 is 2.71 bits per heavy atom. The van der Waals surface area contributed by atoms with Gasteiger partial charge in [0.15, 0.2) is 0 Å². The van der Waals surface area contributed by atoms with E-state index in [1.54, 1.807) is 0 Å². The maximum absolute atomic E-state index is 11.7. The van der Waals surface area contributed by atoms with Crippen molar-refractivity contribution in [1.29, 1.82) is 0 Å². The van der Waals surface area contributed by atoms with Crippen LogP contribution >= 0.6 is 7.82 Å². The van der Waals surface area contributed by atoms with Crippen LogP contribution in [0.5, 0.6) is 0 Å². The molecule has 6 N–H and O–H groups in total. The third-order valence-electron chi connectivity index (χ3n) is 2.98. The molecule has 12 heteroatoms. The number of hydrogen-bond acceptors (Lipinski definition) is 7. The van der Waals surface area contributed by atoms with Crippen LogP contribution in [0.1, 0.15) is 6.42 Å². The number of aliphatic imine (C=N–C) groups is 1. The van der Waals surface area contributed by atoms with Crippen LogP contribution in [0.2, 0.25) is 0 Å². The molecule has 0 bridgehead atoms. The molecule has 1 saturated heterocycles. The van der Waals surface area contributed by atoms with Gasteiger partial charge in [-0.3, -0.25) is 4.52 Å². The molecule has 2 amide bonds. The third-order valence-corrected chi connectivity index (χ3v) is 3.46. The van der Waals surface area contributed by atoms with Crippen LogP contribution in [-0.4, -0.2) is 73.8 Å². The molecule has 0 saturated carbocycles. The van der Waals surface area contributed by atoms with Gasteiger partial charge in [0, 0.05) is 4.99 Å². The molecule has 21 heavy (non-hydrogen) atoms. The van der Waals surface area contributed by atoms with E-state index in [0.717, 1.165) is 4.58 Å². The fraction of sp³-hybridized carbons (Fsp3) is 0.667. The number of hydrogen-bond donors (Lipinski definition) is 5. The summed E-state index contributed by atoms with van der Waals surface area (Å²) >= 11 is 0. The molecule has 118 valence electrons. The van der Waals surface area contributed by atoms with Crippen molar-refractivity contribution >= 4 is 25.9 Å². The number of amidine groups is 1. The molecule has 2 aliphatic rings. The van der Waals surface area contributed by atoms with Gasteiger partial charge in [-0.25, -0.2) is 4.57 Å². The van der Waals surface area contributed by atoms with E-state index in [-0.39, 0.29) is 12.3 Å². The number of rotatable bonds is 4. The highest BCUT2D eigenvalue weighted by molar-refractivity contribution is 7.46. The smallest absolute Gasteiger partial charge is 0.387 e. The van der Waals surface area contributed by atoms with Gasteiger partial charge in [-0.2, -0.15) is 9.37 Å². The number of nitrogens with two attached hydrogens (primary N) is 1. The molecule has 0 aromatic heterocycles. The molecule has 2 rings (SSSR count). The molecule has 2 aliphatic heterocycles. The van der Waals surface area contributed by atoms with Crippen molar-refractivity contribution in [2.24, 2.45) is 10.7 Å². The fourth-order valence-corrected chi connectivity index (χ4v) is 2.32. The molecule has 0 spiro atoms. The second kappa shape index (κ2) is 5.89. The summed E-state index contributed by atoms with van der Waals surface area (Å²) in [6.45, 7) is -0.646. The Morgan fingerprint density at radius 1 is 1.48 bits per heavy atom. The lowest BCUT2D eigenvalue weighted by Crippen LogP contribution is -2.43. The van der Waals surface area contributed by atoms with Crippen molar-refractivity contribution in [3.05, 3.63) is 0 Å². The average Bonchev–Trinajstić information content (AvgIpc) is 2.64. The first kappa shape index (κ1) is 16.2. The number of phosphoric ester groups is 1. The first-order valence-corrected chi connectivity index (χ1v) is 7.42. The monoisotopic (exact) mass is 324 g/mol. The van der Waals surface area contributed by atoms with E-state index in [1.807, 2.05) is 0 Å². The zero-order valence-electron chi connectivity index (χ0n) is 10.6. The van der Waals surface area contributed by atoms with Crippen LogP contribution in [0.3, 0.4) is 0 Å². The minimum Gasteiger partial charge on any atom is -0.387 e. The van der Waals surface area contributed by atoms with Crippen molar-refractivity contribution in [3.8, 4) is 0 Å². The molecule has 4 atom stereocenters. The number of nitrogens with zero attached hydrogens (tertiary/aromatic N) is 2. The second-order valence-corrected chi connectivity index (χ2v) is 5.75. The number of phosphoric acid groups is 1. The van der Waals surface area contributed by atoms with E-state index in [9.17, 15) is 19.6 Å². The van der Waals surface area contributed by atoms with Gasteiger partial charge >= 0.3 is 13.9 Å². The second-order valence-electron chi connectivity index (χ2n) is 4.51. The summed E-state index contributed by atoms with van der Waals surface area (Å²) in [6.07, 6.45) is -3.90. The maximum Gasteiger partial charge on any atom is 0.543 e. The highest BCUT2D eigenvalue weighted by Gasteiger charge is 2.49. The molecule has 0 aromatic carbocycles. The molecule has 1 fully saturated rings. The van der Waals surface area contributed by atoms with Crippen LogP contribution in [0.4, 0.5) is 4.79 Å². The van der Waals surface area contributed by atoms with Gasteiger partial charge in [0.25, 0.3) is 0 Å². The number of ether oxygens (including phenoxy) is 1.